The lowest BCUT2D eigenvalue weighted by molar-refractivity contribution is 0.0824. The largest absolute Gasteiger partial charge is 0.481 e. The molecule has 0 saturated carbocycles. The normalized spacial score (nSPS) is 20.3. The van der Waals surface area contributed by atoms with Gasteiger partial charge in [-0.25, -0.2) is 0 Å². The number of halogens is 2. The van der Waals surface area contributed by atoms with Gasteiger partial charge >= 0.3 is 0 Å². The van der Waals surface area contributed by atoms with E-state index in [2.05, 4.69) is 17.5 Å². The van der Waals surface area contributed by atoms with Crippen LogP contribution in [-0.2, 0) is 0 Å². The predicted molar refractivity (Wildman–Crippen MR) is 73.2 cm³/mol. The molecule has 2 aliphatic heterocycles. The van der Waals surface area contributed by atoms with E-state index >= 15 is 0 Å². The minimum atomic E-state index is -0.136. The molecule has 0 unspecified atom stereocenters. The van der Waals surface area contributed by atoms with Crippen LogP contribution in [-0.4, -0.2) is 18.7 Å². The lowest BCUT2D eigenvalue weighted by Gasteiger charge is -2.38. The third-order valence-corrected chi connectivity index (χ3v) is 3.62. The average molecular weight is 272 g/mol. The molecule has 1 fully saturated rings. The van der Waals surface area contributed by atoms with Crippen LogP contribution in [0.15, 0.2) is 24.3 Å². The first-order chi connectivity index (χ1) is 7.79. The monoisotopic (exact) mass is 271 g/mol. The van der Waals surface area contributed by atoms with Gasteiger partial charge in [0.15, 0.2) is 0 Å². The maximum absolute atomic E-state index is 6.17. The zero-order valence-corrected chi connectivity index (χ0v) is 11.0. The Morgan fingerprint density at radius 1 is 1.24 bits per heavy atom. The molecule has 0 atom stereocenters. The lowest BCUT2D eigenvalue weighted by Crippen LogP contribution is -2.45. The number of hydrogen-bond acceptors (Lipinski definition) is 2. The summed E-state index contributed by atoms with van der Waals surface area (Å²) < 4.78 is 6.13. The average Bonchev–Trinajstić information content (AvgIpc) is 2.32. The molecule has 2 heterocycles. The first kappa shape index (κ1) is 12.7. The van der Waals surface area contributed by atoms with Gasteiger partial charge in [0.05, 0.1) is 5.02 Å². The Kier molecular flexibility index (Phi) is 3.67. The number of nitrogens with one attached hydrogen (secondary N) is 1. The van der Waals surface area contributed by atoms with E-state index in [0.29, 0.717) is 5.02 Å². The quantitative estimate of drug-likeness (QED) is 0.782. The second-order valence-corrected chi connectivity index (χ2v) is 4.82. The van der Waals surface area contributed by atoms with Crippen molar-refractivity contribution in [2.45, 2.75) is 18.4 Å². The molecule has 3 rings (SSSR count). The zero-order valence-electron chi connectivity index (χ0n) is 9.41. The van der Waals surface area contributed by atoms with Crippen molar-refractivity contribution in [1.82, 2.24) is 5.32 Å². The molecule has 4 heteroatoms. The molecule has 1 spiro atoms. The van der Waals surface area contributed by atoms with Crippen molar-refractivity contribution in [2.24, 2.45) is 0 Å². The summed E-state index contributed by atoms with van der Waals surface area (Å²) >= 11 is 6.17. The number of rotatable bonds is 0. The van der Waals surface area contributed by atoms with Crippen LogP contribution in [0.2, 0.25) is 5.02 Å². The van der Waals surface area contributed by atoms with E-state index in [1.54, 1.807) is 0 Å². The summed E-state index contributed by atoms with van der Waals surface area (Å²) in [5.41, 5.74) is 0.945. The first-order valence-electron chi connectivity index (χ1n) is 5.67. The van der Waals surface area contributed by atoms with Crippen molar-refractivity contribution in [3.63, 3.8) is 0 Å². The Balaban J connectivity index is 0.00000108. The van der Waals surface area contributed by atoms with E-state index in [4.69, 9.17) is 16.3 Å². The highest BCUT2D eigenvalue weighted by molar-refractivity contribution is 6.32. The molecule has 1 aromatic carbocycles. The summed E-state index contributed by atoms with van der Waals surface area (Å²) in [5, 5.41) is 4.06. The van der Waals surface area contributed by atoms with Crippen LogP contribution in [0.4, 0.5) is 0 Å². The van der Waals surface area contributed by atoms with Crippen LogP contribution < -0.4 is 10.1 Å². The van der Waals surface area contributed by atoms with Crippen LogP contribution in [0.1, 0.15) is 18.4 Å². The van der Waals surface area contributed by atoms with E-state index in [1.807, 2.05) is 18.2 Å². The molecule has 0 aliphatic carbocycles. The molecule has 17 heavy (non-hydrogen) atoms. The minimum Gasteiger partial charge on any atom is -0.481 e. The summed E-state index contributed by atoms with van der Waals surface area (Å²) in [6.45, 7) is 2.01. The van der Waals surface area contributed by atoms with Gasteiger partial charge in [0, 0.05) is 18.4 Å². The summed E-state index contributed by atoms with van der Waals surface area (Å²) in [4.78, 5) is 0. The van der Waals surface area contributed by atoms with E-state index in [9.17, 15) is 0 Å². The second kappa shape index (κ2) is 4.89. The fourth-order valence-electron chi connectivity index (χ4n) is 2.36. The number of piperidine rings is 1. The highest BCUT2D eigenvalue weighted by Gasteiger charge is 2.34. The summed E-state index contributed by atoms with van der Waals surface area (Å²) in [6, 6.07) is 5.87. The molecule has 0 radical (unpaired) electrons. The van der Waals surface area contributed by atoms with Crippen molar-refractivity contribution in [3.8, 4) is 5.75 Å². The summed E-state index contributed by atoms with van der Waals surface area (Å²) in [6.07, 6.45) is 6.34. The second-order valence-electron chi connectivity index (χ2n) is 4.41. The molecule has 92 valence electrons. The van der Waals surface area contributed by atoms with Crippen LogP contribution >= 0.6 is 24.0 Å². The number of benzene rings is 1. The first-order valence-corrected chi connectivity index (χ1v) is 6.04. The zero-order chi connectivity index (χ0) is 11.0. The number of ether oxygens (including phenoxy) is 1. The molecular formula is C13H15Cl2NO. The fraction of sp³-hybridized carbons (Fsp3) is 0.385. The summed E-state index contributed by atoms with van der Waals surface area (Å²) in [5.74, 6) is 0.841. The molecular weight excluding hydrogens is 257 g/mol. The smallest absolute Gasteiger partial charge is 0.146 e. The third-order valence-electron chi connectivity index (χ3n) is 3.32. The van der Waals surface area contributed by atoms with Crippen molar-refractivity contribution >= 4 is 30.1 Å². The topological polar surface area (TPSA) is 21.3 Å². The standard InChI is InChI=1S/C13H14ClNO.ClH/c14-11-3-1-2-10-4-5-13(16-12(10)11)6-8-15-9-7-13;/h1-5,15H,6-9H2;1H. The number of hydrogen-bond donors (Lipinski definition) is 1. The van der Waals surface area contributed by atoms with Crippen molar-refractivity contribution in [3.05, 3.63) is 34.9 Å². The maximum Gasteiger partial charge on any atom is 0.146 e. The summed E-state index contributed by atoms with van der Waals surface area (Å²) in [7, 11) is 0. The molecule has 0 amide bonds. The maximum atomic E-state index is 6.17. The predicted octanol–water partition coefficient (Wildman–Crippen LogP) is 3.29. The molecule has 0 aromatic heterocycles. The van der Waals surface area contributed by atoms with E-state index in [1.165, 1.54) is 0 Å². The Morgan fingerprint density at radius 2 is 2.00 bits per heavy atom. The number of para-hydroxylation sites is 1. The van der Waals surface area contributed by atoms with Crippen molar-refractivity contribution in [1.29, 1.82) is 0 Å². The highest BCUT2D eigenvalue weighted by atomic mass is 35.5. The van der Waals surface area contributed by atoms with Gasteiger partial charge in [-0.3, -0.25) is 0 Å². The third kappa shape index (κ3) is 2.30. The Morgan fingerprint density at radius 3 is 2.76 bits per heavy atom. The van der Waals surface area contributed by atoms with E-state index in [0.717, 1.165) is 37.2 Å². The van der Waals surface area contributed by atoms with E-state index in [-0.39, 0.29) is 18.0 Å². The molecule has 1 N–H and O–H groups in total. The van der Waals surface area contributed by atoms with Gasteiger partial charge in [0.1, 0.15) is 11.4 Å². The van der Waals surface area contributed by atoms with Gasteiger partial charge in [-0.1, -0.05) is 29.8 Å². The lowest BCUT2D eigenvalue weighted by atomic mass is 9.89. The molecule has 2 aliphatic rings. The molecule has 1 aromatic rings. The van der Waals surface area contributed by atoms with Crippen LogP contribution in [0.5, 0.6) is 5.75 Å². The molecule has 1 saturated heterocycles. The fourth-order valence-corrected chi connectivity index (χ4v) is 2.58. The van der Waals surface area contributed by atoms with Crippen molar-refractivity contribution < 1.29 is 4.74 Å². The Bertz CT molecular complexity index is 439. The van der Waals surface area contributed by atoms with Gasteiger partial charge < -0.3 is 10.1 Å². The van der Waals surface area contributed by atoms with Gasteiger partial charge in [-0.05, 0) is 25.2 Å². The van der Waals surface area contributed by atoms with Crippen LogP contribution in [0, 0.1) is 0 Å². The Hall–Kier alpha value is -0.700. The minimum absolute atomic E-state index is 0. The van der Waals surface area contributed by atoms with Gasteiger partial charge in [-0.15, -0.1) is 12.4 Å². The molecule has 0 bridgehead atoms. The Labute approximate surface area is 112 Å². The van der Waals surface area contributed by atoms with Gasteiger partial charge in [-0.2, -0.15) is 0 Å². The van der Waals surface area contributed by atoms with Crippen LogP contribution in [0.3, 0.4) is 0 Å². The molecule has 2 nitrogen and oxygen atoms in total. The van der Waals surface area contributed by atoms with Gasteiger partial charge in [0.2, 0.25) is 0 Å². The SMILES string of the molecule is Cl.Clc1cccc2c1OC1(C=C2)CCNCC1. The van der Waals surface area contributed by atoms with Crippen LogP contribution in [0.25, 0.3) is 6.08 Å². The van der Waals surface area contributed by atoms with E-state index < -0.39 is 0 Å². The van der Waals surface area contributed by atoms with Gasteiger partial charge in [0.25, 0.3) is 0 Å². The van der Waals surface area contributed by atoms with Crippen molar-refractivity contribution in [2.75, 3.05) is 13.1 Å². The number of fused-ring (bicyclic) bond motifs is 1. The highest BCUT2D eigenvalue weighted by Crippen LogP contribution is 2.39.